The molecule has 6 amide bonds. The number of carbonyl (C=O) groups is 6. The number of primary amides is 1. The number of phenolic OH excluding ortho intramolecular Hbond substituents is 1. The van der Waals surface area contributed by atoms with E-state index >= 15 is 0 Å². The molecule has 2 aromatic carbocycles. The van der Waals surface area contributed by atoms with E-state index < -0.39 is 60.0 Å². The lowest BCUT2D eigenvalue weighted by Gasteiger charge is -2.26. The summed E-state index contributed by atoms with van der Waals surface area (Å²) in [5.41, 5.74) is 20.3. The van der Waals surface area contributed by atoms with Gasteiger partial charge in [-0.1, -0.05) is 30.3 Å². The first-order valence-electron chi connectivity index (χ1n) is 18.6. The number of guanidine groups is 1. The van der Waals surface area contributed by atoms with E-state index in [1.807, 2.05) is 6.07 Å². The summed E-state index contributed by atoms with van der Waals surface area (Å²) >= 11 is 0. The Hall–Kier alpha value is -5.91. The predicted molar refractivity (Wildman–Crippen MR) is 209 cm³/mol. The lowest BCUT2D eigenvalue weighted by molar-refractivity contribution is -0.133. The maximum absolute atomic E-state index is 14.1. The molecule has 0 aliphatic carbocycles. The molecule has 2 rings (SSSR count). The van der Waals surface area contributed by atoms with E-state index in [-0.39, 0.29) is 63.7 Å². The van der Waals surface area contributed by atoms with Gasteiger partial charge in [-0.15, -0.1) is 0 Å². The van der Waals surface area contributed by atoms with Gasteiger partial charge < -0.3 is 53.0 Å². The quantitative estimate of drug-likeness (QED) is 0.0458. The summed E-state index contributed by atoms with van der Waals surface area (Å²) in [6.45, 7) is 7.57. The fourth-order valence-electron chi connectivity index (χ4n) is 5.67. The minimum absolute atomic E-state index is 0.0156. The number of aliphatic imine (C=N–C) groups is 1. The molecule has 12 N–H and O–H groups in total. The molecule has 0 spiro atoms. The van der Waals surface area contributed by atoms with Crippen molar-refractivity contribution >= 4 is 41.8 Å². The highest BCUT2D eigenvalue weighted by Crippen LogP contribution is 2.22. The Labute approximate surface area is 327 Å². The number of hydrogen-bond donors (Lipinski definition) is 9. The summed E-state index contributed by atoms with van der Waals surface area (Å²) in [5.74, 6) is -2.93. The molecule has 0 aliphatic heterocycles. The topological polar surface area (TPSA) is 292 Å². The minimum atomic E-state index is -1.23. The van der Waals surface area contributed by atoms with Gasteiger partial charge in [-0.25, -0.2) is 9.59 Å². The number of phenols is 1. The number of benzene rings is 2. The van der Waals surface area contributed by atoms with E-state index in [4.69, 9.17) is 26.7 Å². The number of unbranched alkanes of at least 4 members (excludes halogenated alkanes) is 1. The van der Waals surface area contributed by atoms with Crippen molar-refractivity contribution < 1.29 is 43.3 Å². The molecule has 0 bridgehead atoms. The van der Waals surface area contributed by atoms with Crippen LogP contribution in [0.15, 0.2) is 47.5 Å². The lowest BCUT2D eigenvalue weighted by Crippen LogP contribution is -2.58. The number of amides is 6. The van der Waals surface area contributed by atoms with Crippen molar-refractivity contribution in [1.82, 2.24) is 26.6 Å². The van der Waals surface area contributed by atoms with Crippen LogP contribution in [-0.2, 0) is 41.5 Å². The molecule has 0 heterocycles. The number of aromatic hydroxyl groups is 1. The molecule has 0 saturated heterocycles. The van der Waals surface area contributed by atoms with Crippen LogP contribution in [0.3, 0.4) is 0 Å². The average Bonchev–Trinajstić information content (AvgIpc) is 3.13. The van der Waals surface area contributed by atoms with Crippen molar-refractivity contribution in [3.63, 3.8) is 0 Å². The maximum Gasteiger partial charge on any atom is 0.413 e. The van der Waals surface area contributed by atoms with E-state index in [1.54, 1.807) is 52.0 Å². The van der Waals surface area contributed by atoms with Crippen molar-refractivity contribution in [3.8, 4) is 5.75 Å². The van der Waals surface area contributed by atoms with Crippen LogP contribution in [0.4, 0.5) is 9.59 Å². The largest absolute Gasteiger partial charge is 0.508 e. The second-order valence-electron chi connectivity index (χ2n) is 13.0. The number of carbonyl (C=O) groups excluding carboxylic acids is 6. The first kappa shape index (κ1) is 46.2. The van der Waals surface area contributed by atoms with Gasteiger partial charge in [0, 0.05) is 25.9 Å². The van der Waals surface area contributed by atoms with Gasteiger partial charge in [0.15, 0.2) is 5.96 Å². The number of nitrogens with one attached hydrogen (secondary N) is 5. The van der Waals surface area contributed by atoms with Crippen molar-refractivity contribution in [1.29, 1.82) is 0 Å². The van der Waals surface area contributed by atoms with Gasteiger partial charge >= 0.3 is 12.2 Å². The normalized spacial score (nSPS) is 13.3. The van der Waals surface area contributed by atoms with Crippen LogP contribution in [0.25, 0.3) is 0 Å². The predicted octanol–water partition coefficient (Wildman–Crippen LogP) is 0.819. The molecule has 18 nitrogen and oxygen atoms in total. The van der Waals surface area contributed by atoms with Crippen LogP contribution >= 0.6 is 0 Å². The Balaban J connectivity index is 2.29. The number of nitrogens with zero attached hydrogens (tertiary/aromatic N) is 1. The molecule has 308 valence electrons. The van der Waals surface area contributed by atoms with Crippen molar-refractivity contribution in [2.75, 3.05) is 26.3 Å². The molecule has 0 saturated carbocycles. The third-order valence-electron chi connectivity index (χ3n) is 8.56. The lowest BCUT2D eigenvalue weighted by atomic mass is 9.95. The number of rotatable bonds is 22. The Morgan fingerprint density at radius 3 is 1.96 bits per heavy atom. The molecule has 0 aromatic heterocycles. The van der Waals surface area contributed by atoms with Crippen LogP contribution < -0.4 is 43.8 Å². The van der Waals surface area contributed by atoms with Crippen LogP contribution in [0.1, 0.15) is 68.2 Å². The number of hydrogen-bond acceptors (Lipinski definition) is 11. The van der Waals surface area contributed by atoms with Crippen LogP contribution in [-0.4, -0.2) is 97.4 Å². The number of nitrogens with two attached hydrogens (primary N) is 3. The Bertz CT molecular complexity index is 1630. The summed E-state index contributed by atoms with van der Waals surface area (Å²) in [6.07, 6.45) is 0.116. The summed E-state index contributed by atoms with van der Waals surface area (Å²) in [7, 11) is 0. The highest BCUT2D eigenvalue weighted by molar-refractivity contribution is 5.95. The second kappa shape index (κ2) is 24.5. The summed E-state index contributed by atoms with van der Waals surface area (Å²) < 4.78 is 9.63. The van der Waals surface area contributed by atoms with Crippen molar-refractivity contribution in [3.05, 3.63) is 64.7 Å². The third kappa shape index (κ3) is 17.0. The van der Waals surface area contributed by atoms with Crippen molar-refractivity contribution in [2.24, 2.45) is 22.2 Å². The molecule has 4 atom stereocenters. The molecule has 0 radical (unpaired) electrons. The SMILES string of the molecule is CCOC(=O)NCCCC[C@H](NC(=O)[C@H](Cc1c(C)cc(O)cc1C)NC(=O)[C@H](N)CCCN=C(N)NC(=O)OCC)C(=O)N[C@@H](Cc1ccccc1)C(N)=O. The highest BCUT2D eigenvalue weighted by Gasteiger charge is 2.31. The number of aryl methyl sites for hydroxylation is 2. The first-order chi connectivity index (χ1) is 26.6. The molecular formula is C38H57N9O9. The van der Waals surface area contributed by atoms with Gasteiger partial charge in [0.2, 0.25) is 23.6 Å². The first-order valence-corrected chi connectivity index (χ1v) is 18.6. The fraction of sp³-hybridized carbons (Fsp3) is 0.500. The zero-order chi connectivity index (χ0) is 41.6. The molecule has 0 fully saturated rings. The van der Waals surface area contributed by atoms with Gasteiger partial charge in [0.05, 0.1) is 19.3 Å². The van der Waals surface area contributed by atoms with E-state index in [2.05, 4.69) is 31.6 Å². The van der Waals surface area contributed by atoms with Gasteiger partial charge in [-0.2, -0.15) is 0 Å². The Kier molecular flexibility index (Phi) is 20.2. The monoisotopic (exact) mass is 783 g/mol. The van der Waals surface area contributed by atoms with Crippen LogP contribution in [0.2, 0.25) is 0 Å². The smallest absolute Gasteiger partial charge is 0.413 e. The van der Waals surface area contributed by atoms with Gasteiger partial charge in [0.1, 0.15) is 23.9 Å². The third-order valence-corrected chi connectivity index (χ3v) is 8.56. The molecule has 2 aromatic rings. The number of alkyl carbamates (subject to hydrolysis) is 2. The van der Waals surface area contributed by atoms with E-state index in [0.29, 0.717) is 36.0 Å². The molecule has 0 unspecified atom stereocenters. The standard InChI is InChI=1S/C38H57N9O9/c1-5-55-37(53)43-17-11-10-16-29(34(51)45-30(32(40)49)21-25-13-8-7-9-14-25)44-35(52)31(22-27-23(3)19-26(48)20-24(27)4)46-33(50)28(39)15-12-18-42-36(41)47-38(54)56-6-2/h7-9,13-14,19-20,28-31,48H,5-6,10-12,15-18,21-22,39H2,1-4H3,(H2,40,49)(H,43,53)(H,44,52)(H,45,51)(H,46,50)(H3,41,42,47,54)/t28-,29+,30+,31+/m1/s1. The van der Waals surface area contributed by atoms with Crippen LogP contribution in [0.5, 0.6) is 5.75 Å². The molecule has 0 aliphatic rings. The van der Waals surface area contributed by atoms with E-state index in [1.165, 1.54) is 12.1 Å². The van der Waals surface area contributed by atoms with Gasteiger partial charge in [-0.3, -0.25) is 29.5 Å². The fourth-order valence-corrected chi connectivity index (χ4v) is 5.67. The molecule has 56 heavy (non-hydrogen) atoms. The van der Waals surface area contributed by atoms with Crippen molar-refractivity contribution in [2.45, 2.75) is 96.8 Å². The zero-order valence-electron chi connectivity index (χ0n) is 32.5. The van der Waals surface area contributed by atoms with E-state index in [0.717, 1.165) is 5.56 Å². The molecule has 18 heteroatoms. The Morgan fingerprint density at radius 1 is 0.750 bits per heavy atom. The second-order valence-corrected chi connectivity index (χ2v) is 13.0. The summed E-state index contributed by atoms with van der Waals surface area (Å²) in [5, 5.41) is 23.1. The van der Waals surface area contributed by atoms with Gasteiger partial charge in [0.25, 0.3) is 0 Å². The maximum atomic E-state index is 14.1. The van der Waals surface area contributed by atoms with Gasteiger partial charge in [-0.05, 0) is 94.2 Å². The summed E-state index contributed by atoms with van der Waals surface area (Å²) in [4.78, 5) is 81.0. The highest BCUT2D eigenvalue weighted by atomic mass is 16.6. The van der Waals surface area contributed by atoms with Crippen LogP contribution in [0, 0.1) is 13.8 Å². The molecular weight excluding hydrogens is 726 g/mol. The zero-order valence-corrected chi connectivity index (χ0v) is 32.5. The minimum Gasteiger partial charge on any atom is -0.508 e. The number of ether oxygens (including phenoxy) is 2. The average molecular weight is 784 g/mol. The van der Waals surface area contributed by atoms with E-state index in [9.17, 15) is 33.9 Å². The Morgan fingerprint density at radius 2 is 1.34 bits per heavy atom. The summed E-state index contributed by atoms with van der Waals surface area (Å²) in [6, 6.07) is 7.47.